The molecule has 0 saturated carbocycles. The van der Waals surface area contributed by atoms with Gasteiger partial charge in [0.25, 0.3) is 0 Å². The third-order valence-corrected chi connectivity index (χ3v) is 11.0. The average Bonchev–Trinajstić information content (AvgIpc) is 3.14. The van der Waals surface area contributed by atoms with Crippen LogP contribution in [0.5, 0.6) is 0 Å². The maximum atomic E-state index is 2.43. The van der Waals surface area contributed by atoms with Crippen molar-refractivity contribution >= 4 is 54.9 Å². The summed E-state index contributed by atoms with van der Waals surface area (Å²) in [5.41, 5.74) is 10.2. The van der Waals surface area contributed by atoms with Gasteiger partial charge >= 0.3 is 0 Å². The lowest BCUT2D eigenvalue weighted by atomic mass is 9.85. The molecular formula is C46H28S. The van der Waals surface area contributed by atoms with E-state index in [-0.39, 0.29) is 0 Å². The Hall–Kier alpha value is -5.63. The molecule has 0 aromatic heterocycles. The summed E-state index contributed by atoms with van der Waals surface area (Å²) in [5, 5.41) is 10.3. The lowest BCUT2D eigenvalue weighted by Gasteiger charge is -2.22. The van der Waals surface area contributed by atoms with Crippen LogP contribution in [0.1, 0.15) is 0 Å². The van der Waals surface area contributed by atoms with Crippen LogP contribution in [-0.2, 0) is 0 Å². The lowest BCUT2D eigenvalue weighted by Crippen LogP contribution is -1.95. The van der Waals surface area contributed by atoms with Crippen LogP contribution < -0.4 is 0 Å². The first-order chi connectivity index (χ1) is 23.3. The topological polar surface area (TPSA) is 0 Å². The first-order valence-electron chi connectivity index (χ1n) is 16.2. The van der Waals surface area contributed by atoms with Gasteiger partial charge in [0, 0.05) is 15.2 Å². The van der Waals surface area contributed by atoms with E-state index in [2.05, 4.69) is 170 Å². The molecule has 0 amide bonds. The summed E-state index contributed by atoms with van der Waals surface area (Å²) in [7, 11) is 0. The van der Waals surface area contributed by atoms with Crippen molar-refractivity contribution in [2.45, 2.75) is 9.79 Å². The van der Waals surface area contributed by atoms with Gasteiger partial charge < -0.3 is 0 Å². The molecule has 1 aliphatic rings. The quantitative estimate of drug-likeness (QED) is 0.179. The van der Waals surface area contributed by atoms with Gasteiger partial charge in [-0.2, -0.15) is 0 Å². The molecule has 0 aliphatic carbocycles. The lowest BCUT2D eigenvalue weighted by molar-refractivity contribution is 1.40. The first kappa shape index (κ1) is 26.6. The number of benzene rings is 9. The molecule has 1 heteroatoms. The fraction of sp³-hybridized carbons (Fsp3) is 0. The molecule has 9 aromatic rings. The van der Waals surface area contributed by atoms with Gasteiger partial charge in [-0.15, -0.1) is 0 Å². The van der Waals surface area contributed by atoms with E-state index in [0.29, 0.717) is 0 Å². The zero-order valence-corrected chi connectivity index (χ0v) is 26.4. The van der Waals surface area contributed by atoms with Gasteiger partial charge in [-0.25, -0.2) is 0 Å². The monoisotopic (exact) mass is 612 g/mol. The third-order valence-electron chi connectivity index (χ3n) is 9.83. The fourth-order valence-corrected chi connectivity index (χ4v) is 8.80. The van der Waals surface area contributed by atoms with E-state index in [0.717, 1.165) is 0 Å². The first-order valence-corrected chi connectivity index (χ1v) is 17.0. The number of hydrogen-bond donors (Lipinski definition) is 0. The minimum Gasteiger partial charge on any atom is -0.0888 e. The average molecular weight is 613 g/mol. The molecule has 0 fully saturated rings. The molecule has 218 valence electrons. The van der Waals surface area contributed by atoms with Gasteiger partial charge in [0.2, 0.25) is 0 Å². The second-order valence-electron chi connectivity index (χ2n) is 12.5. The van der Waals surface area contributed by atoms with Gasteiger partial charge in [-0.3, -0.25) is 0 Å². The van der Waals surface area contributed by atoms with Gasteiger partial charge in [0.15, 0.2) is 0 Å². The third kappa shape index (κ3) is 4.17. The summed E-state index contributed by atoms with van der Waals surface area (Å²) in [5.74, 6) is 0. The Labute approximate surface area is 278 Å². The van der Waals surface area contributed by atoms with Crippen molar-refractivity contribution in [2.75, 3.05) is 0 Å². The predicted octanol–water partition coefficient (Wildman–Crippen LogP) is 13.4. The highest BCUT2D eigenvalue weighted by molar-refractivity contribution is 7.99. The Morgan fingerprint density at radius 3 is 1.57 bits per heavy atom. The molecular weight excluding hydrogens is 585 g/mol. The summed E-state index contributed by atoms with van der Waals surface area (Å²) < 4.78 is 0. The minimum absolute atomic E-state index is 1.23. The molecule has 0 spiro atoms. The van der Waals surface area contributed by atoms with Crippen LogP contribution in [0, 0.1) is 0 Å². The van der Waals surface area contributed by atoms with Gasteiger partial charge in [0.05, 0.1) is 0 Å². The van der Waals surface area contributed by atoms with Crippen LogP contribution in [0.15, 0.2) is 180 Å². The number of hydrogen-bond acceptors (Lipinski definition) is 1. The Kier molecular flexibility index (Phi) is 5.91. The highest BCUT2D eigenvalue weighted by atomic mass is 32.2. The second kappa shape index (κ2) is 10.5. The van der Waals surface area contributed by atoms with Crippen LogP contribution in [0.2, 0.25) is 0 Å². The van der Waals surface area contributed by atoms with Crippen LogP contribution in [0.25, 0.3) is 87.6 Å². The smallest absolute Gasteiger partial charge is 0.0207 e. The zero-order chi connectivity index (χ0) is 30.9. The van der Waals surface area contributed by atoms with Gasteiger partial charge in [-0.1, -0.05) is 157 Å². The molecule has 0 radical (unpaired) electrons. The summed E-state index contributed by atoms with van der Waals surface area (Å²) in [6.07, 6.45) is 0. The maximum absolute atomic E-state index is 2.43. The number of fused-ring (bicyclic) bond motifs is 5. The number of rotatable bonds is 3. The molecule has 9 aromatic carbocycles. The molecule has 47 heavy (non-hydrogen) atoms. The summed E-state index contributed by atoms with van der Waals surface area (Å²) in [6.45, 7) is 0. The van der Waals surface area contributed by atoms with Crippen LogP contribution in [-0.4, -0.2) is 0 Å². The van der Waals surface area contributed by atoms with Crippen molar-refractivity contribution in [3.63, 3.8) is 0 Å². The SMILES string of the molecule is c1ccc2cc(-c3ccc(-c4c5ccccc5c(-c5ccc6c(c5)-c5cccc7cccc(c57)S6)c5ccccc45)cc3)ccc2c1. The Morgan fingerprint density at radius 1 is 0.298 bits per heavy atom. The molecule has 0 saturated heterocycles. The largest absolute Gasteiger partial charge is 0.0888 e. The van der Waals surface area contributed by atoms with Gasteiger partial charge in [-0.05, 0) is 106 Å². The summed E-state index contributed by atoms with van der Waals surface area (Å²) in [4.78, 5) is 2.65. The molecule has 0 bridgehead atoms. The van der Waals surface area contributed by atoms with E-state index in [1.165, 1.54) is 97.4 Å². The van der Waals surface area contributed by atoms with Crippen molar-refractivity contribution in [1.82, 2.24) is 0 Å². The minimum atomic E-state index is 1.23. The van der Waals surface area contributed by atoms with Crippen molar-refractivity contribution in [1.29, 1.82) is 0 Å². The normalized spacial score (nSPS) is 12.2. The Balaban J connectivity index is 1.16. The summed E-state index contributed by atoms with van der Waals surface area (Å²) in [6, 6.07) is 62.8. The fourth-order valence-electron chi connectivity index (χ4n) is 7.67. The van der Waals surface area contributed by atoms with E-state index >= 15 is 0 Å². The molecule has 1 aliphatic heterocycles. The van der Waals surface area contributed by atoms with Crippen molar-refractivity contribution in [2.24, 2.45) is 0 Å². The van der Waals surface area contributed by atoms with Crippen LogP contribution >= 0.6 is 11.8 Å². The summed E-state index contributed by atoms with van der Waals surface area (Å²) >= 11 is 1.89. The molecule has 0 unspecified atom stereocenters. The second-order valence-corrected chi connectivity index (χ2v) is 13.5. The highest BCUT2D eigenvalue weighted by Crippen LogP contribution is 2.50. The van der Waals surface area contributed by atoms with E-state index in [1.54, 1.807) is 0 Å². The van der Waals surface area contributed by atoms with Crippen LogP contribution in [0.4, 0.5) is 0 Å². The Bertz CT molecular complexity index is 2640. The van der Waals surface area contributed by atoms with E-state index in [9.17, 15) is 0 Å². The maximum Gasteiger partial charge on any atom is 0.0207 e. The predicted molar refractivity (Wildman–Crippen MR) is 202 cm³/mol. The van der Waals surface area contributed by atoms with E-state index < -0.39 is 0 Å². The highest BCUT2D eigenvalue weighted by Gasteiger charge is 2.22. The molecule has 1 heterocycles. The zero-order valence-electron chi connectivity index (χ0n) is 25.6. The van der Waals surface area contributed by atoms with Gasteiger partial charge in [0.1, 0.15) is 0 Å². The van der Waals surface area contributed by atoms with Crippen molar-refractivity contribution in [3.05, 3.63) is 170 Å². The van der Waals surface area contributed by atoms with E-state index in [1.807, 2.05) is 11.8 Å². The Morgan fingerprint density at radius 2 is 0.851 bits per heavy atom. The van der Waals surface area contributed by atoms with Crippen LogP contribution in [0.3, 0.4) is 0 Å². The van der Waals surface area contributed by atoms with E-state index in [4.69, 9.17) is 0 Å². The molecule has 0 nitrogen and oxygen atoms in total. The molecule has 0 atom stereocenters. The molecule has 0 N–H and O–H groups in total. The van der Waals surface area contributed by atoms with Crippen molar-refractivity contribution < 1.29 is 0 Å². The molecule has 10 rings (SSSR count). The standard InChI is InChI=1S/C46H28S/c1-2-10-33-27-34(24-21-29(33)9-1)30-19-22-32(23-20-30)44-36-13-3-5-15-38(36)45(39-16-6-4-14-37(39)44)35-25-26-42-41(28-35)40-17-7-11-31-12-8-18-43(47-42)46(31)40/h1-28H. The van der Waals surface area contributed by atoms with Crippen molar-refractivity contribution in [3.8, 4) is 44.5 Å².